The summed E-state index contributed by atoms with van der Waals surface area (Å²) in [6.07, 6.45) is -2.12. The lowest BCUT2D eigenvalue weighted by atomic mass is 10.2. The van der Waals surface area contributed by atoms with Gasteiger partial charge in [0.1, 0.15) is 0 Å². The first-order valence-corrected chi connectivity index (χ1v) is 6.50. The zero-order valence-electron chi connectivity index (χ0n) is 10.9. The van der Waals surface area contributed by atoms with Crippen LogP contribution in [0, 0.1) is 0 Å². The lowest BCUT2D eigenvalue weighted by Gasteiger charge is -2.10. The van der Waals surface area contributed by atoms with Crippen molar-refractivity contribution in [3.05, 3.63) is 51.4 Å². The zero-order chi connectivity index (χ0) is 15.0. The molecular formula is C14H12F3N3O. The van der Waals surface area contributed by atoms with Gasteiger partial charge in [0.2, 0.25) is 5.95 Å². The molecule has 0 fully saturated rings. The molecule has 2 N–H and O–H groups in total. The van der Waals surface area contributed by atoms with Crippen LogP contribution < -0.4 is 10.9 Å². The van der Waals surface area contributed by atoms with Crippen LogP contribution >= 0.6 is 0 Å². The van der Waals surface area contributed by atoms with E-state index in [9.17, 15) is 18.0 Å². The van der Waals surface area contributed by atoms with Gasteiger partial charge < -0.3 is 5.32 Å². The van der Waals surface area contributed by atoms with Crippen LogP contribution in [0.2, 0.25) is 0 Å². The highest BCUT2D eigenvalue weighted by Gasteiger charge is 2.30. The van der Waals surface area contributed by atoms with E-state index in [1.807, 2.05) is 0 Å². The van der Waals surface area contributed by atoms with Crippen LogP contribution in [-0.2, 0) is 19.0 Å². The summed E-state index contributed by atoms with van der Waals surface area (Å²) in [5.74, 6) is 0.167. The topological polar surface area (TPSA) is 57.8 Å². The van der Waals surface area contributed by atoms with Gasteiger partial charge in [0, 0.05) is 11.3 Å². The number of H-pyrrole nitrogens is 1. The van der Waals surface area contributed by atoms with Crippen molar-refractivity contribution in [3.8, 4) is 0 Å². The number of hydrogen-bond donors (Lipinski definition) is 2. The molecule has 1 heterocycles. The second-order valence-corrected chi connectivity index (χ2v) is 4.90. The highest BCUT2D eigenvalue weighted by molar-refractivity contribution is 5.55. The molecule has 2 aromatic rings. The number of nitrogens with zero attached hydrogens (tertiary/aromatic N) is 1. The van der Waals surface area contributed by atoms with E-state index in [1.54, 1.807) is 0 Å². The molecule has 0 unspecified atom stereocenters. The number of halogens is 3. The first-order chi connectivity index (χ1) is 9.93. The summed E-state index contributed by atoms with van der Waals surface area (Å²) < 4.78 is 37.9. The molecule has 21 heavy (non-hydrogen) atoms. The van der Waals surface area contributed by atoms with Gasteiger partial charge in [-0.1, -0.05) is 6.07 Å². The van der Waals surface area contributed by atoms with Crippen LogP contribution in [0.4, 0.5) is 24.8 Å². The number of nitrogens with one attached hydrogen (secondary N) is 2. The Morgan fingerprint density at radius 1 is 1.24 bits per heavy atom. The van der Waals surface area contributed by atoms with Crippen LogP contribution in [-0.4, -0.2) is 9.97 Å². The van der Waals surface area contributed by atoms with E-state index in [0.29, 0.717) is 17.7 Å². The Bertz CT molecular complexity index is 737. The predicted octanol–water partition coefficient (Wildman–Crippen LogP) is 3.02. The fraction of sp³-hybridized carbons (Fsp3) is 0.286. The van der Waals surface area contributed by atoms with Crippen LogP contribution in [0.5, 0.6) is 0 Å². The molecule has 0 bridgehead atoms. The number of alkyl halides is 3. The highest BCUT2D eigenvalue weighted by Crippen LogP contribution is 2.31. The minimum absolute atomic E-state index is 0.167. The molecule has 4 nitrogen and oxygen atoms in total. The fourth-order valence-electron chi connectivity index (χ4n) is 2.41. The van der Waals surface area contributed by atoms with Crippen molar-refractivity contribution in [2.45, 2.75) is 25.4 Å². The van der Waals surface area contributed by atoms with E-state index >= 15 is 0 Å². The third kappa shape index (κ3) is 2.76. The summed E-state index contributed by atoms with van der Waals surface area (Å²) >= 11 is 0. The summed E-state index contributed by atoms with van der Waals surface area (Å²) in [7, 11) is 0. The zero-order valence-corrected chi connectivity index (χ0v) is 10.9. The third-order valence-electron chi connectivity index (χ3n) is 3.39. The van der Waals surface area contributed by atoms with Gasteiger partial charge in [-0.05, 0) is 37.5 Å². The van der Waals surface area contributed by atoms with E-state index in [0.717, 1.165) is 25.0 Å². The molecule has 0 saturated carbocycles. The van der Waals surface area contributed by atoms with Crippen LogP contribution in [0.3, 0.4) is 0 Å². The summed E-state index contributed by atoms with van der Waals surface area (Å²) in [5, 5.41) is 2.72. The highest BCUT2D eigenvalue weighted by atomic mass is 19.4. The maximum Gasteiger partial charge on any atom is 0.416 e. The van der Waals surface area contributed by atoms with Gasteiger partial charge in [0.15, 0.2) is 0 Å². The summed E-state index contributed by atoms with van der Waals surface area (Å²) in [6, 6.07) is 4.76. The average Bonchev–Trinajstić information content (AvgIpc) is 2.87. The predicted molar refractivity (Wildman–Crippen MR) is 71.6 cm³/mol. The van der Waals surface area contributed by atoms with E-state index < -0.39 is 11.7 Å². The molecule has 0 atom stereocenters. The molecule has 0 radical (unpaired) electrons. The molecule has 0 saturated heterocycles. The Hall–Kier alpha value is -2.31. The Balaban J connectivity index is 1.91. The Morgan fingerprint density at radius 3 is 2.81 bits per heavy atom. The summed E-state index contributed by atoms with van der Waals surface area (Å²) in [4.78, 5) is 18.6. The molecule has 0 aliphatic heterocycles. The van der Waals surface area contributed by atoms with Gasteiger partial charge in [0.25, 0.3) is 5.56 Å². The van der Waals surface area contributed by atoms with Gasteiger partial charge in [-0.3, -0.25) is 9.78 Å². The normalized spacial score (nSPS) is 14.0. The summed E-state index contributed by atoms with van der Waals surface area (Å²) in [6.45, 7) is 0. The van der Waals surface area contributed by atoms with Crippen LogP contribution in [0.15, 0.2) is 29.1 Å². The molecule has 0 spiro atoms. The molecule has 1 aliphatic rings. The van der Waals surface area contributed by atoms with Crippen LogP contribution in [0.1, 0.15) is 23.2 Å². The first kappa shape index (κ1) is 13.7. The lowest BCUT2D eigenvalue weighted by Crippen LogP contribution is -2.16. The average molecular weight is 295 g/mol. The van der Waals surface area contributed by atoms with Crippen molar-refractivity contribution in [3.63, 3.8) is 0 Å². The molecule has 7 heteroatoms. The maximum absolute atomic E-state index is 12.6. The Morgan fingerprint density at radius 2 is 2.05 bits per heavy atom. The van der Waals surface area contributed by atoms with E-state index in [-0.39, 0.29) is 17.2 Å². The maximum atomic E-state index is 12.6. The molecule has 1 aliphatic carbocycles. The van der Waals surface area contributed by atoms with Gasteiger partial charge in [-0.15, -0.1) is 0 Å². The number of rotatable bonds is 2. The second kappa shape index (κ2) is 4.91. The van der Waals surface area contributed by atoms with E-state index in [1.165, 1.54) is 12.1 Å². The van der Waals surface area contributed by atoms with Crippen molar-refractivity contribution in [1.82, 2.24) is 9.97 Å². The Kier molecular flexibility index (Phi) is 3.19. The lowest BCUT2D eigenvalue weighted by molar-refractivity contribution is -0.137. The van der Waals surface area contributed by atoms with Crippen molar-refractivity contribution >= 4 is 11.6 Å². The minimum atomic E-state index is -4.41. The molecule has 3 rings (SSSR count). The second-order valence-electron chi connectivity index (χ2n) is 4.90. The van der Waals surface area contributed by atoms with Gasteiger partial charge in [-0.25, -0.2) is 4.98 Å². The molecule has 0 amide bonds. The number of anilines is 2. The number of benzene rings is 1. The molecular weight excluding hydrogens is 283 g/mol. The van der Waals surface area contributed by atoms with Crippen molar-refractivity contribution in [2.75, 3.05) is 5.32 Å². The standard InChI is InChI=1S/C14H12F3N3O/c15-14(16,17)8-3-1-4-9(7-8)18-13-19-11-6-2-5-10(11)12(21)20-13/h1,3-4,7H,2,5-6H2,(H2,18,19,20,21). The first-order valence-electron chi connectivity index (χ1n) is 6.50. The number of fused-ring (bicyclic) bond motifs is 1. The summed E-state index contributed by atoms with van der Waals surface area (Å²) in [5.41, 5.74) is 0.631. The minimum Gasteiger partial charge on any atom is -0.326 e. The van der Waals surface area contributed by atoms with E-state index in [2.05, 4.69) is 15.3 Å². The number of aryl methyl sites for hydroxylation is 1. The molecule has 1 aromatic heterocycles. The number of hydrogen-bond acceptors (Lipinski definition) is 3. The van der Waals surface area contributed by atoms with Crippen molar-refractivity contribution in [1.29, 1.82) is 0 Å². The smallest absolute Gasteiger partial charge is 0.326 e. The van der Waals surface area contributed by atoms with Gasteiger partial charge in [0.05, 0.1) is 11.3 Å². The van der Waals surface area contributed by atoms with Crippen molar-refractivity contribution < 1.29 is 13.2 Å². The number of aromatic nitrogens is 2. The van der Waals surface area contributed by atoms with Crippen LogP contribution in [0.25, 0.3) is 0 Å². The third-order valence-corrected chi connectivity index (χ3v) is 3.39. The van der Waals surface area contributed by atoms with Crippen molar-refractivity contribution in [2.24, 2.45) is 0 Å². The quantitative estimate of drug-likeness (QED) is 0.895. The largest absolute Gasteiger partial charge is 0.416 e. The van der Waals surface area contributed by atoms with E-state index in [4.69, 9.17) is 0 Å². The fourth-order valence-corrected chi connectivity index (χ4v) is 2.41. The molecule has 110 valence electrons. The van der Waals surface area contributed by atoms with Gasteiger partial charge >= 0.3 is 6.18 Å². The monoisotopic (exact) mass is 295 g/mol. The number of aromatic amines is 1. The van der Waals surface area contributed by atoms with Gasteiger partial charge in [-0.2, -0.15) is 13.2 Å². The SMILES string of the molecule is O=c1[nH]c(Nc2cccc(C(F)(F)F)c2)nc2c1CCC2. The molecule has 1 aromatic carbocycles. The Labute approximate surface area is 118 Å².